The Morgan fingerprint density at radius 2 is 1.16 bits per heavy atom. The van der Waals surface area contributed by atoms with Crippen LogP contribution in [0.1, 0.15) is 121 Å². The topological polar surface area (TPSA) is 19.6 Å². The first kappa shape index (κ1) is 36.0. The molecule has 0 saturated carbocycles. The van der Waals surface area contributed by atoms with Crippen LogP contribution < -0.4 is 26.2 Å². The summed E-state index contributed by atoms with van der Waals surface area (Å²) in [7, 11) is 0. The number of anilines is 6. The number of fused-ring (bicyclic) bond motifs is 7. The molecule has 5 aromatic carbocycles. The van der Waals surface area contributed by atoms with E-state index in [0.717, 1.165) is 17.2 Å². The summed E-state index contributed by atoms with van der Waals surface area (Å²) in [6.45, 7) is 30.4. The Labute approximate surface area is 329 Å². The van der Waals surface area contributed by atoms with Gasteiger partial charge in [0, 0.05) is 39.3 Å². The quantitative estimate of drug-likeness (QED) is 0.166. The van der Waals surface area contributed by atoms with Gasteiger partial charge in [-0.25, -0.2) is 0 Å². The zero-order chi connectivity index (χ0) is 39.1. The van der Waals surface area contributed by atoms with E-state index in [-0.39, 0.29) is 28.4 Å². The standard InChI is InChI=1S/C51H57BN2O/c1-30-14-21-44-36(24-30)45-47(55-44)53(35-18-15-33(16-19-35)48(4,5)6)42-25-31(2)26-43-46(42)52(45)39-28-37-38(51(12,13)23-22-50(37,10)11)29-41(39)54(43)40-20-17-34(27-32(40)3)49(7,8)9/h14-21,24-29H,22-23H2,1-13H3. The summed E-state index contributed by atoms with van der Waals surface area (Å²) in [6, 6.07) is 33.1. The number of hydrogen-bond acceptors (Lipinski definition) is 3. The number of furan rings is 1. The molecule has 0 radical (unpaired) electrons. The number of hydrogen-bond donors (Lipinski definition) is 0. The molecule has 0 amide bonds. The molecule has 1 aromatic heterocycles. The third kappa shape index (κ3) is 5.45. The zero-order valence-electron chi connectivity index (χ0n) is 35.4. The van der Waals surface area contributed by atoms with Crippen molar-refractivity contribution in [2.24, 2.45) is 0 Å². The van der Waals surface area contributed by atoms with Crippen LogP contribution in [-0.4, -0.2) is 6.71 Å². The Morgan fingerprint density at radius 1 is 0.564 bits per heavy atom. The highest BCUT2D eigenvalue weighted by molar-refractivity contribution is 7.01. The molecule has 2 aliphatic heterocycles. The third-order valence-corrected chi connectivity index (χ3v) is 13.3. The molecular weight excluding hydrogens is 667 g/mol. The molecule has 0 fully saturated rings. The van der Waals surface area contributed by atoms with Crippen LogP contribution in [0.25, 0.3) is 11.0 Å². The Bertz CT molecular complexity index is 2550. The summed E-state index contributed by atoms with van der Waals surface area (Å²) in [4.78, 5) is 5.04. The van der Waals surface area contributed by atoms with Crippen LogP contribution in [0.15, 0.2) is 89.3 Å². The van der Waals surface area contributed by atoms with E-state index in [2.05, 4.69) is 185 Å². The molecule has 4 heteroatoms. The monoisotopic (exact) mass is 724 g/mol. The fraction of sp³-hybridized carbons (Fsp3) is 0.373. The summed E-state index contributed by atoms with van der Waals surface area (Å²) >= 11 is 0. The number of nitrogens with zero attached hydrogens (tertiary/aromatic N) is 2. The van der Waals surface area contributed by atoms with Crippen molar-refractivity contribution >= 4 is 68.4 Å². The van der Waals surface area contributed by atoms with Gasteiger partial charge in [-0.3, -0.25) is 4.90 Å². The second kappa shape index (κ2) is 11.7. The van der Waals surface area contributed by atoms with Gasteiger partial charge in [0.05, 0.1) is 0 Å². The van der Waals surface area contributed by atoms with Gasteiger partial charge in [-0.1, -0.05) is 111 Å². The minimum Gasteiger partial charge on any atom is -0.440 e. The highest BCUT2D eigenvalue weighted by atomic mass is 16.4. The number of benzene rings is 5. The van der Waals surface area contributed by atoms with Crippen molar-refractivity contribution in [3.8, 4) is 0 Å². The predicted octanol–water partition coefficient (Wildman–Crippen LogP) is 12.4. The van der Waals surface area contributed by atoms with E-state index in [1.54, 1.807) is 0 Å². The molecule has 0 N–H and O–H groups in total. The van der Waals surface area contributed by atoms with E-state index in [9.17, 15) is 0 Å². The summed E-state index contributed by atoms with van der Waals surface area (Å²) in [5.74, 6) is 0.931. The van der Waals surface area contributed by atoms with Crippen LogP contribution in [0, 0.1) is 20.8 Å². The highest BCUT2D eigenvalue weighted by Gasteiger charge is 2.48. The molecule has 0 unspecified atom stereocenters. The molecule has 0 saturated heterocycles. The van der Waals surface area contributed by atoms with Crippen LogP contribution in [0.5, 0.6) is 0 Å². The van der Waals surface area contributed by atoms with Crippen molar-refractivity contribution in [3.05, 3.63) is 124 Å². The molecule has 3 heterocycles. The normalized spacial score (nSPS) is 16.9. The zero-order valence-corrected chi connectivity index (χ0v) is 35.4. The largest absolute Gasteiger partial charge is 0.440 e. The lowest BCUT2D eigenvalue weighted by Crippen LogP contribution is -2.61. The first-order chi connectivity index (χ1) is 25.7. The van der Waals surface area contributed by atoms with Crippen LogP contribution in [0.4, 0.5) is 34.3 Å². The summed E-state index contributed by atoms with van der Waals surface area (Å²) in [5.41, 5.74) is 20.7. The molecule has 0 spiro atoms. The fourth-order valence-corrected chi connectivity index (χ4v) is 9.83. The van der Waals surface area contributed by atoms with E-state index in [1.165, 1.54) is 96.3 Å². The number of rotatable bonds is 2. The minimum absolute atomic E-state index is 0.000270. The predicted molar refractivity (Wildman–Crippen MR) is 237 cm³/mol. The maximum absolute atomic E-state index is 7.09. The SMILES string of the molecule is Cc1cc2c3c(c1)N(c1ccc(C(C)(C)C)cc1)c1oc4ccc(C)cc4c1B3c1cc3c(cc1N2c1ccc(C(C)(C)C)cc1C)C(C)(C)CCC3(C)C. The fourth-order valence-electron chi connectivity index (χ4n) is 9.83. The molecule has 280 valence electrons. The van der Waals surface area contributed by atoms with Gasteiger partial charge in [0.1, 0.15) is 5.58 Å². The van der Waals surface area contributed by atoms with Gasteiger partial charge in [0.25, 0.3) is 6.71 Å². The smallest absolute Gasteiger partial charge is 0.257 e. The van der Waals surface area contributed by atoms with E-state index in [1.807, 2.05) is 0 Å². The van der Waals surface area contributed by atoms with Gasteiger partial charge in [0.2, 0.25) is 5.88 Å². The van der Waals surface area contributed by atoms with E-state index in [0.29, 0.717) is 0 Å². The Balaban J connectivity index is 1.42. The highest BCUT2D eigenvalue weighted by Crippen LogP contribution is 2.51. The van der Waals surface area contributed by atoms with Gasteiger partial charge in [-0.2, -0.15) is 0 Å². The van der Waals surface area contributed by atoms with E-state index >= 15 is 0 Å². The molecule has 3 aliphatic rings. The van der Waals surface area contributed by atoms with Gasteiger partial charge < -0.3 is 9.32 Å². The van der Waals surface area contributed by atoms with Gasteiger partial charge in [-0.15, -0.1) is 0 Å². The molecule has 0 bridgehead atoms. The molecular formula is C51H57BN2O. The molecule has 55 heavy (non-hydrogen) atoms. The lowest BCUT2D eigenvalue weighted by atomic mass is 9.33. The van der Waals surface area contributed by atoms with Gasteiger partial charge >= 0.3 is 0 Å². The lowest BCUT2D eigenvalue weighted by molar-refractivity contribution is 0.332. The van der Waals surface area contributed by atoms with Crippen LogP contribution in [-0.2, 0) is 21.7 Å². The molecule has 0 atom stereocenters. The second-order valence-corrected chi connectivity index (χ2v) is 20.4. The van der Waals surface area contributed by atoms with Crippen molar-refractivity contribution in [3.63, 3.8) is 0 Å². The van der Waals surface area contributed by atoms with E-state index < -0.39 is 0 Å². The average molecular weight is 725 g/mol. The van der Waals surface area contributed by atoms with Crippen molar-refractivity contribution in [2.75, 3.05) is 9.80 Å². The van der Waals surface area contributed by atoms with Crippen molar-refractivity contribution in [2.45, 2.75) is 125 Å². The average Bonchev–Trinajstić information content (AvgIpc) is 3.47. The van der Waals surface area contributed by atoms with Gasteiger partial charge in [0.15, 0.2) is 0 Å². The molecule has 3 nitrogen and oxygen atoms in total. The van der Waals surface area contributed by atoms with Crippen molar-refractivity contribution < 1.29 is 4.42 Å². The summed E-state index contributed by atoms with van der Waals surface area (Å²) in [5, 5.41) is 1.20. The maximum Gasteiger partial charge on any atom is 0.257 e. The molecule has 6 aromatic rings. The maximum atomic E-state index is 7.09. The van der Waals surface area contributed by atoms with E-state index in [4.69, 9.17) is 4.42 Å². The van der Waals surface area contributed by atoms with Crippen molar-refractivity contribution in [1.82, 2.24) is 0 Å². The van der Waals surface area contributed by atoms with Crippen LogP contribution in [0.3, 0.4) is 0 Å². The van der Waals surface area contributed by atoms with Gasteiger partial charge in [-0.05, 0) is 148 Å². The molecule has 1 aliphatic carbocycles. The lowest BCUT2D eigenvalue weighted by Gasteiger charge is -2.47. The molecule has 9 rings (SSSR count). The Morgan fingerprint density at radius 3 is 1.78 bits per heavy atom. The number of aryl methyl sites for hydroxylation is 3. The third-order valence-electron chi connectivity index (χ3n) is 13.3. The second-order valence-electron chi connectivity index (χ2n) is 20.4. The summed E-state index contributed by atoms with van der Waals surface area (Å²) in [6.07, 6.45) is 2.35. The van der Waals surface area contributed by atoms with Crippen molar-refractivity contribution in [1.29, 1.82) is 0 Å². The first-order valence-electron chi connectivity index (χ1n) is 20.4. The summed E-state index contributed by atoms with van der Waals surface area (Å²) < 4.78 is 7.09. The van der Waals surface area contributed by atoms with Crippen LogP contribution in [0.2, 0.25) is 0 Å². The Kier molecular flexibility index (Phi) is 7.63. The first-order valence-corrected chi connectivity index (χ1v) is 20.4. The minimum atomic E-state index is 0.000270. The Hall–Kier alpha value is -4.70. The van der Waals surface area contributed by atoms with Crippen LogP contribution >= 0.6 is 0 Å².